The molecule has 0 saturated heterocycles. The highest BCUT2D eigenvalue weighted by Gasteiger charge is 2.32. The number of hydrogen-bond acceptors (Lipinski definition) is 2. The molecule has 1 aromatic rings. The Labute approximate surface area is 121 Å². The van der Waals surface area contributed by atoms with Gasteiger partial charge in [-0.05, 0) is 42.7 Å². The maximum atomic E-state index is 8.97. The van der Waals surface area contributed by atoms with E-state index >= 15 is 0 Å². The molecule has 0 spiro atoms. The van der Waals surface area contributed by atoms with E-state index < -0.39 is 0 Å². The van der Waals surface area contributed by atoms with Crippen LogP contribution in [-0.4, -0.2) is 18.5 Å². The maximum Gasteiger partial charge on any atom is 0.368 e. The van der Waals surface area contributed by atoms with Crippen molar-refractivity contribution >= 4 is 28.4 Å². The van der Waals surface area contributed by atoms with Gasteiger partial charge in [-0.25, -0.2) is 5.26 Å². The third kappa shape index (κ3) is 2.59. The smallest absolute Gasteiger partial charge is 0.358 e. The summed E-state index contributed by atoms with van der Waals surface area (Å²) in [4.78, 5) is 4.64. The zero-order valence-corrected chi connectivity index (χ0v) is 12.0. The topological polar surface area (TPSA) is 48.2 Å². The lowest BCUT2D eigenvalue weighted by Crippen LogP contribution is -2.33. The van der Waals surface area contributed by atoms with Crippen LogP contribution in [0.5, 0.6) is 0 Å². The summed E-state index contributed by atoms with van der Waals surface area (Å²) in [5.41, 5.74) is 2.19. The van der Waals surface area contributed by atoms with Crippen LogP contribution in [0.15, 0.2) is 45.9 Å². The van der Waals surface area contributed by atoms with Crippen molar-refractivity contribution in [3.63, 3.8) is 0 Å². The third-order valence-corrected chi connectivity index (χ3v) is 4.26. The summed E-state index contributed by atoms with van der Waals surface area (Å²) in [6.45, 7) is -0.188. The summed E-state index contributed by atoms with van der Waals surface area (Å²) in [6, 6.07) is 8.87. The Bertz CT molecular complexity index is 567. The highest BCUT2D eigenvalue weighted by Crippen LogP contribution is 2.39. The molecule has 1 aromatic carbocycles. The number of hydrogen-bond donors (Lipinski definition) is 1. The number of aliphatic imine (C=N–C) groups is 1. The molecule has 3 nitrogen and oxygen atoms in total. The predicted molar refractivity (Wildman–Crippen MR) is 81.0 cm³/mol. The molecule has 1 heterocycles. The van der Waals surface area contributed by atoms with Gasteiger partial charge >= 0.3 is 6.71 Å². The molecular formula is C14H13BBrN3. The molecule has 0 unspecified atom stereocenters. The van der Waals surface area contributed by atoms with E-state index in [1.165, 1.54) is 5.56 Å². The number of nitrogens with one attached hydrogen (secondary N) is 1. The number of nitriles is 1. The van der Waals surface area contributed by atoms with E-state index in [9.17, 15) is 0 Å². The fourth-order valence-corrected chi connectivity index (χ4v) is 2.79. The fourth-order valence-electron chi connectivity index (χ4n) is 2.53. The molecule has 0 bridgehead atoms. The lowest BCUT2D eigenvalue weighted by atomic mass is 9.52. The molecule has 1 aliphatic carbocycles. The van der Waals surface area contributed by atoms with Gasteiger partial charge in [-0.15, -0.1) is 0 Å². The van der Waals surface area contributed by atoms with Gasteiger partial charge in [0.05, 0.1) is 11.8 Å². The van der Waals surface area contributed by atoms with Gasteiger partial charge in [-0.2, -0.15) is 0 Å². The van der Waals surface area contributed by atoms with Gasteiger partial charge < -0.3 is 5.32 Å². The summed E-state index contributed by atoms with van der Waals surface area (Å²) in [5, 5.41) is 12.0. The Morgan fingerprint density at radius 2 is 2.05 bits per heavy atom. The molecule has 5 heteroatoms. The summed E-state index contributed by atoms with van der Waals surface area (Å²) in [5.74, 6) is 4.69. The molecule has 1 fully saturated rings. The Morgan fingerprint density at radius 3 is 2.74 bits per heavy atom. The third-order valence-electron chi connectivity index (χ3n) is 3.73. The standard InChI is InChI=1S/C14H13BBrN3/c16-12-3-1-10(2-4-12)11-7-13(8-11)19-14-15(9-17)5-6-18-14/h1-6,11,13H,7-8H2,(H,18,19). The van der Waals surface area contributed by atoms with Gasteiger partial charge in [0.25, 0.3) is 0 Å². The van der Waals surface area contributed by atoms with Gasteiger partial charge in [0.2, 0.25) is 0 Å². The van der Waals surface area contributed by atoms with E-state index in [0.29, 0.717) is 12.0 Å². The highest BCUT2D eigenvalue weighted by atomic mass is 79.9. The second-order valence-corrected chi connectivity index (χ2v) is 5.91. The SMILES string of the molecule is N#CB1C=CNC1=NC1CC(c2ccc(Br)cc2)C1. The van der Waals surface area contributed by atoms with E-state index in [4.69, 9.17) is 5.26 Å². The summed E-state index contributed by atoms with van der Waals surface area (Å²) < 4.78 is 1.12. The van der Waals surface area contributed by atoms with Crippen molar-refractivity contribution in [2.24, 2.45) is 4.99 Å². The lowest BCUT2D eigenvalue weighted by molar-refractivity contribution is 0.354. The zero-order valence-electron chi connectivity index (χ0n) is 10.4. The van der Waals surface area contributed by atoms with Crippen LogP contribution in [0.4, 0.5) is 0 Å². The molecular weight excluding hydrogens is 301 g/mol. The van der Waals surface area contributed by atoms with Crippen LogP contribution in [0.25, 0.3) is 0 Å². The van der Waals surface area contributed by atoms with Crippen LogP contribution in [-0.2, 0) is 0 Å². The summed E-state index contributed by atoms with van der Waals surface area (Å²) in [6.07, 6.45) is 3.95. The Kier molecular flexibility index (Phi) is 3.43. The van der Waals surface area contributed by atoms with Crippen molar-refractivity contribution in [3.05, 3.63) is 46.5 Å². The van der Waals surface area contributed by atoms with Gasteiger partial charge in [-0.1, -0.05) is 34.0 Å². The minimum atomic E-state index is -0.188. The van der Waals surface area contributed by atoms with Gasteiger partial charge in [0, 0.05) is 10.4 Å². The van der Waals surface area contributed by atoms with Gasteiger partial charge in [-0.3, -0.25) is 4.99 Å². The van der Waals surface area contributed by atoms with Crippen molar-refractivity contribution in [3.8, 4) is 5.97 Å². The highest BCUT2D eigenvalue weighted by molar-refractivity contribution is 9.10. The molecule has 0 atom stereocenters. The van der Waals surface area contributed by atoms with E-state index in [2.05, 4.69) is 56.5 Å². The van der Waals surface area contributed by atoms with E-state index in [0.717, 1.165) is 23.0 Å². The lowest BCUT2D eigenvalue weighted by Gasteiger charge is -2.33. The first kappa shape index (κ1) is 12.5. The molecule has 94 valence electrons. The average molecular weight is 314 g/mol. The summed E-state index contributed by atoms with van der Waals surface area (Å²) >= 11 is 3.45. The molecule has 1 aliphatic heterocycles. The maximum absolute atomic E-state index is 8.97. The first-order valence-electron chi connectivity index (χ1n) is 6.42. The number of halogens is 1. The second kappa shape index (κ2) is 5.22. The molecule has 1 N–H and O–H groups in total. The van der Waals surface area contributed by atoms with Crippen LogP contribution in [0, 0.1) is 11.2 Å². The fraction of sp³-hybridized carbons (Fsp3) is 0.286. The largest absolute Gasteiger partial charge is 0.368 e. The number of benzene rings is 1. The molecule has 0 amide bonds. The van der Waals surface area contributed by atoms with E-state index in [1.807, 2.05) is 5.98 Å². The summed E-state index contributed by atoms with van der Waals surface area (Å²) in [7, 11) is 0. The average Bonchev–Trinajstić information content (AvgIpc) is 2.82. The van der Waals surface area contributed by atoms with Crippen LogP contribution in [0.3, 0.4) is 0 Å². The van der Waals surface area contributed by atoms with Crippen molar-refractivity contribution in [1.29, 1.82) is 5.26 Å². The Balaban J connectivity index is 1.60. The molecule has 0 radical (unpaired) electrons. The van der Waals surface area contributed by atoms with Crippen LogP contribution < -0.4 is 5.32 Å². The first-order valence-corrected chi connectivity index (χ1v) is 7.21. The van der Waals surface area contributed by atoms with Crippen molar-refractivity contribution < 1.29 is 0 Å². The van der Waals surface area contributed by atoms with Crippen LogP contribution in [0.2, 0.25) is 0 Å². The minimum Gasteiger partial charge on any atom is -0.358 e. The normalized spacial score (nSPS) is 26.9. The quantitative estimate of drug-likeness (QED) is 0.853. The van der Waals surface area contributed by atoms with Crippen molar-refractivity contribution in [2.75, 3.05) is 0 Å². The van der Waals surface area contributed by atoms with Crippen molar-refractivity contribution in [1.82, 2.24) is 5.32 Å². The Morgan fingerprint density at radius 1 is 1.32 bits per heavy atom. The van der Waals surface area contributed by atoms with E-state index in [-0.39, 0.29) is 6.71 Å². The van der Waals surface area contributed by atoms with Gasteiger partial charge in [0.15, 0.2) is 0 Å². The molecule has 1 saturated carbocycles. The molecule has 0 aromatic heterocycles. The number of amidine groups is 1. The Hall–Kier alpha value is -1.54. The number of rotatable bonds is 2. The second-order valence-electron chi connectivity index (χ2n) is 5.00. The molecule has 2 aliphatic rings. The van der Waals surface area contributed by atoms with Crippen LogP contribution in [0.1, 0.15) is 24.3 Å². The zero-order chi connectivity index (χ0) is 13.2. The van der Waals surface area contributed by atoms with Gasteiger partial charge in [0.1, 0.15) is 0 Å². The number of nitrogens with zero attached hydrogens (tertiary/aromatic N) is 2. The van der Waals surface area contributed by atoms with Crippen LogP contribution >= 0.6 is 15.9 Å². The monoisotopic (exact) mass is 313 g/mol. The molecule has 3 rings (SSSR count). The van der Waals surface area contributed by atoms with Crippen molar-refractivity contribution in [2.45, 2.75) is 24.8 Å². The minimum absolute atomic E-state index is 0.188. The first-order chi connectivity index (χ1) is 9.26. The van der Waals surface area contributed by atoms with E-state index in [1.54, 1.807) is 6.20 Å². The molecule has 19 heavy (non-hydrogen) atoms. The predicted octanol–water partition coefficient (Wildman–Crippen LogP) is 2.85.